The zero-order chi connectivity index (χ0) is 22.8. The van der Waals surface area contributed by atoms with Crippen molar-refractivity contribution in [3.05, 3.63) is 104 Å². The molecule has 0 saturated heterocycles. The van der Waals surface area contributed by atoms with Crippen molar-refractivity contribution in [2.75, 3.05) is 6.26 Å². The van der Waals surface area contributed by atoms with Crippen molar-refractivity contribution < 1.29 is 4.55 Å². The Morgan fingerprint density at radius 3 is 2.12 bits per heavy atom. The van der Waals surface area contributed by atoms with Gasteiger partial charge in [-0.25, -0.2) is 4.68 Å². The maximum atomic E-state index is 13.0. The molecule has 0 amide bonds. The summed E-state index contributed by atoms with van der Waals surface area (Å²) in [7, 11) is 0. The molecular formula is C24H17Cl3N2O2S. The monoisotopic (exact) mass is 502 g/mol. The van der Waals surface area contributed by atoms with Gasteiger partial charge in [-0.15, -0.1) is 0 Å². The molecule has 8 heteroatoms. The minimum Gasteiger partial charge on any atom is -0.612 e. The van der Waals surface area contributed by atoms with Crippen LogP contribution in [0, 0.1) is 0 Å². The molecule has 0 saturated carbocycles. The van der Waals surface area contributed by atoms with Crippen LogP contribution in [0.15, 0.2) is 82.5 Å². The lowest BCUT2D eigenvalue weighted by molar-refractivity contribution is 0.601. The lowest BCUT2D eigenvalue weighted by atomic mass is 10.00. The molecule has 0 N–H and O–H groups in total. The first-order valence-corrected chi connectivity index (χ1v) is 12.3. The van der Waals surface area contributed by atoms with Crippen molar-refractivity contribution >= 4 is 46.0 Å². The van der Waals surface area contributed by atoms with E-state index in [9.17, 15) is 9.35 Å². The fourth-order valence-corrected chi connectivity index (χ4v) is 4.40. The number of halogens is 3. The van der Waals surface area contributed by atoms with Crippen molar-refractivity contribution in [3.8, 4) is 22.4 Å². The van der Waals surface area contributed by atoms with Crippen LogP contribution < -0.4 is 5.56 Å². The predicted molar refractivity (Wildman–Crippen MR) is 132 cm³/mol. The van der Waals surface area contributed by atoms with Gasteiger partial charge in [-0.05, 0) is 70.8 Å². The molecule has 1 unspecified atom stereocenters. The summed E-state index contributed by atoms with van der Waals surface area (Å²) in [6.07, 6.45) is 1.63. The van der Waals surface area contributed by atoms with E-state index in [1.807, 2.05) is 24.3 Å². The molecule has 0 fully saturated rings. The zero-order valence-corrected chi connectivity index (χ0v) is 20.0. The van der Waals surface area contributed by atoms with Crippen LogP contribution in [0.4, 0.5) is 0 Å². The van der Waals surface area contributed by atoms with Gasteiger partial charge in [0.15, 0.2) is 4.90 Å². The van der Waals surface area contributed by atoms with E-state index in [1.165, 1.54) is 4.68 Å². The van der Waals surface area contributed by atoms with Crippen LogP contribution in [-0.4, -0.2) is 20.6 Å². The third-order valence-electron chi connectivity index (χ3n) is 4.95. The van der Waals surface area contributed by atoms with E-state index in [4.69, 9.17) is 34.8 Å². The van der Waals surface area contributed by atoms with E-state index in [-0.39, 0.29) is 12.1 Å². The highest BCUT2D eigenvalue weighted by Gasteiger charge is 2.15. The number of aromatic nitrogens is 2. The highest BCUT2D eigenvalue weighted by molar-refractivity contribution is 7.90. The summed E-state index contributed by atoms with van der Waals surface area (Å²) < 4.78 is 13.2. The minimum atomic E-state index is -1.09. The first kappa shape index (κ1) is 22.9. The summed E-state index contributed by atoms with van der Waals surface area (Å²) in [5, 5.41) is 6.26. The van der Waals surface area contributed by atoms with Gasteiger partial charge in [0.05, 0.1) is 12.2 Å². The topological polar surface area (TPSA) is 58.0 Å². The van der Waals surface area contributed by atoms with Crippen molar-refractivity contribution in [2.45, 2.75) is 11.4 Å². The van der Waals surface area contributed by atoms with E-state index in [2.05, 4.69) is 5.10 Å². The van der Waals surface area contributed by atoms with Gasteiger partial charge < -0.3 is 4.55 Å². The molecule has 4 nitrogen and oxygen atoms in total. The second-order valence-corrected chi connectivity index (χ2v) is 9.78. The average molecular weight is 504 g/mol. The molecule has 32 heavy (non-hydrogen) atoms. The minimum absolute atomic E-state index is 0.194. The molecular weight excluding hydrogens is 487 g/mol. The summed E-state index contributed by atoms with van der Waals surface area (Å²) in [5.41, 5.74) is 3.36. The molecule has 0 bridgehead atoms. The van der Waals surface area contributed by atoms with Crippen LogP contribution in [0.2, 0.25) is 15.1 Å². The Balaban J connectivity index is 1.86. The Bertz CT molecular complexity index is 1320. The van der Waals surface area contributed by atoms with Gasteiger partial charge in [0.2, 0.25) is 0 Å². The molecule has 1 atom stereocenters. The molecule has 0 aliphatic heterocycles. The highest BCUT2D eigenvalue weighted by Crippen LogP contribution is 2.31. The van der Waals surface area contributed by atoms with Gasteiger partial charge in [0, 0.05) is 32.3 Å². The molecule has 0 radical (unpaired) electrons. The molecule has 1 heterocycles. The highest BCUT2D eigenvalue weighted by atomic mass is 35.5. The fourth-order valence-electron chi connectivity index (χ4n) is 3.28. The summed E-state index contributed by atoms with van der Waals surface area (Å²) in [5.74, 6) is 0. The zero-order valence-electron chi connectivity index (χ0n) is 16.9. The summed E-state index contributed by atoms with van der Waals surface area (Å²) in [6, 6.07) is 21.2. The Hall–Kier alpha value is -2.28. The van der Waals surface area contributed by atoms with Crippen LogP contribution >= 0.6 is 34.8 Å². The normalized spacial score (nSPS) is 12.0. The van der Waals surface area contributed by atoms with Crippen LogP contribution in [-0.2, 0) is 17.7 Å². The van der Waals surface area contributed by atoms with E-state index >= 15 is 0 Å². The van der Waals surface area contributed by atoms with E-state index in [0.29, 0.717) is 31.2 Å². The van der Waals surface area contributed by atoms with Crippen LogP contribution in [0.1, 0.15) is 5.56 Å². The molecule has 4 rings (SSSR count). The number of rotatable bonds is 5. The second-order valence-electron chi connectivity index (χ2n) is 7.12. The Labute approximate surface area is 203 Å². The Morgan fingerprint density at radius 2 is 1.50 bits per heavy atom. The molecule has 4 aromatic rings. The predicted octanol–water partition coefficient (Wildman–Crippen LogP) is 6.32. The summed E-state index contributed by atoms with van der Waals surface area (Å²) in [6.45, 7) is 0.194. The number of hydrogen-bond acceptors (Lipinski definition) is 3. The van der Waals surface area contributed by atoms with Crippen LogP contribution in [0.5, 0.6) is 0 Å². The van der Waals surface area contributed by atoms with Crippen LogP contribution in [0.25, 0.3) is 22.4 Å². The van der Waals surface area contributed by atoms with Gasteiger partial charge in [-0.1, -0.05) is 53.0 Å². The van der Waals surface area contributed by atoms with E-state index < -0.39 is 11.2 Å². The first-order chi connectivity index (χ1) is 15.3. The third kappa shape index (κ3) is 5.03. The summed E-state index contributed by atoms with van der Waals surface area (Å²) >= 11 is 17.3. The molecule has 3 aromatic carbocycles. The Morgan fingerprint density at radius 1 is 0.875 bits per heavy atom. The first-order valence-electron chi connectivity index (χ1n) is 9.58. The van der Waals surface area contributed by atoms with Crippen molar-refractivity contribution in [1.82, 2.24) is 9.78 Å². The van der Waals surface area contributed by atoms with E-state index in [1.54, 1.807) is 54.8 Å². The largest absolute Gasteiger partial charge is 0.612 e. The standard InChI is InChI=1S/C24H17Cl3N2O2S/c1-32(31)20-10-5-16(6-11-20)24-21(15-2-7-18(25)8-3-15)13-23(30)29(28-24)14-17-4-9-19(26)12-22(17)27/h2-13H,14H2,1H3. The van der Waals surface area contributed by atoms with Gasteiger partial charge in [0.1, 0.15) is 6.26 Å². The third-order valence-corrected chi connectivity index (χ3v) is 6.72. The van der Waals surface area contributed by atoms with Gasteiger partial charge >= 0.3 is 0 Å². The number of nitrogens with zero attached hydrogens (tertiary/aromatic N) is 2. The lowest BCUT2D eigenvalue weighted by Gasteiger charge is -2.14. The molecule has 162 valence electrons. The van der Waals surface area contributed by atoms with Crippen LogP contribution in [0.3, 0.4) is 0 Å². The second kappa shape index (κ2) is 9.69. The van der Waals surface area contributed by atoms with Crippen molar-refractivity contribution in [1.29, 1.82) is 0 Å². The Kier molecular flexibility index (Phi) is 6.93. The SMILES string of the molecule is C[S+]([O-])c1ccc(-c2nn(Cc3ccc(Cl)cc3Cl)c(=O)cc2-c2ccc(Cl)cc2)cc1. The molecule has 0 spiro atoms. The van der Waals surface area contributed by atoms with Gasteiger partial charge in [-0.2, -0.15) is 5.10 Å². The fraction of sp³-hybridized carbons (Fsp3) is 0.0833. The lowest BCUT2D eigenvalue weighted by Crippen LogP contribution is -2.24. The van der Waals surface area contributed by atoms with Crippen molar-refractivity contribution in [3.63, 3.8) is 0 Å². The smallest absolute Gasteiger partial charge is 0.267 e. The number of benzene rings is 3. The average Bonchev–Trinajstić information content (AvgIpc) is 2.77. The maximum Gasteiger partial charge on any atom is 0.267 e. The number of hydrogen-bond donors (Lipinski definition) is 0. The summed E-state index contributed by atoms with van der Waals surface area (Å²) in [4.78, 5) is 13.7. The van der Waals surface area contributed by atoms with Gasteiger partial charge in [-0.3, -0.25) is 4.79 Å². The van der Waals surface area contributed by atoms with E-state index in [0.717, 1.165) is 16.7 Å². The molecule has 0 aliphatic rings. The molecule has 0 aliphatic carbocycles. The molecule has 1 aromatic heterocycles. The maximum absolute atomic E-state index is 13.0. The van der Waals surface area contributed by atoms with Gasteiger partial charge in [0.25, 0.3) is 5.56 Å². The van der Waals surface area contributed by atoms with Crippen molar-refractivity contribution in [2.24, 2.45) is 0 Å². The quantitative estimate of drug-likeness (QED) is 0.299.